The van der Waals surface area contributed by atoms with E-state index < -0.39 is 5.97 Å². The normalized spacial score (nSPS) is 16.5. The van der Waals surface area contributed by atoms with E-state index >= 15 is 0 Å². The predicted octanol–water partition coefficient (Wildman–Crippen LogP) is 2.56. The molecule has 0 spiro atoms. The van der Waals surface area contributed by atoms with Crippen molar-refractivity contribution in [3.63, 3.8) is 0 Å². The van der Waals surface area contributed by atoms with Crippen LogP contribution in [-0.2, 0) is 0 Å². The average molecular weight is 274 g/mol. The van der Waals surface area contributed by atoms with E-state index in [-0.39, 0.29) is 18.2 Å². The van der Waals surface area contributed by atoms with Crippen molar-refractivity contribution in [1.82, 2.24) is 9.55 Å². The first-order valence-corrected chi connectivity index (χ1v) is 6.98. The number of hydrogen-bond donors (Lipinski definition) is 2. The number of carboxylic acids is 1. The van der Waals surface area contributed by atoms with Crippen LogP contribution in [0.5, 0.6) is 0 Å². The fourth-order valence-corrected chi connectivity index (χ4v) is 2.73. The third-order valence-corrected chi connectivity index (χ3v) is 3.90. The summed E-state index contributed by atoms with van der Waals surface area (Å²) in [6.45, 7) is 2.09. The first kappa shape index (κ1) is 13.1. The third-order valence-electron chi connectivity index (χ3n) is 3.90. The van der Waals surface area contributed by atoms with Gasteiger partial charge in [0.05, 0.1) is 16.6 Å². The summed E-state index contributed by atoms with van der Waals surface area (Å²) in [5, 5.41) is 18.6. The Hall–Kier alpha value is -1.88. The van der Waals surface area contributed by atoms with Gasteiger partial charge in [-0.15, -0.1) is 0 Å². The molecule has 2 N–H and O–H groups in total. The van der Waals surface area contributed by atoms with Crippen molar-refractivity contribution in [3.8, 4) is 0 Å². The molecule has 2 aromatic rings. The molecular weight excluding hydrogens is 256 g/mol. The van der Waals surface area contributed by atoms with Crippen LogP contribution in [0.25, 0.3) is 11.0 Å². The van der Waals surface area contributed by atoms with Crippen molar-refractivity contribution in [2.45, 2.75) is 38.1 Å². The molecule has 1 aromatic carbocycles. The highest BCUT2D eigenvalue weighted by molar-refractivity contribution is 6.01. The van der Waals surface area contributed by atoms with Gasteiger partial charge in [0.15, 0.2) is 0 Å². The first-order valence-electron chi connectivity index (χ1n) is 6.98. The third kappa shape index (κ3) is 2.08. The molecule has 5 heteroatoms. The van der Waals surface area contributed by atoms with Crippen molar-refractivity contribution in [1.29, 1.82) is 0 Å². The van der Waals surface area contributed by atoms with Crippen LogP contribution in [0.3, 0.4) is 0 Å². The van der Waals surface area contributed by atoms with Gasteiger partial charge in [0.1, 0.15) is 5.82 Å². The molecule has 1 saturated carbocycles. The topological polar surface area (TPSA) is 75.3 Å². The summed E-state index contributed by atoms with van der Waals surface area (Å²) >= 11 is 0. The van der Waals surface area contributed by atoms with E-state index in [1.807, 2.05) is 17.6 Å². The molecule has 0 saturated heterocycles. The number of nitrogens with zero attached hydrogens (tertiary/aromatic N) is 2. The molecular formula is C15H18N2O3. The molecule has 1 unspecified atom stereocenters. The minimum absolute atomic E-state index is 0.0427. The van der Waals surface area contributed by atoms with Crippen LogP contribution in [0.1, 0.15) is 54.3 Å². The first-order chi connectivity index (χ1) is 9.63. The number of carboxylic acid groups (broad SMARTS) is 1. The van der Waals surface area contributed by atoms with Crippen molar-refractivity contribution in [3.05, 3.63) is 29.6 Å². The van der Waals surface area contributed by atoms with E-state index in [4.69, 9.17) is 0 Å². The van der Waals surface area contributed by atoms with Crippen LogP contribution in [0.4, 0.5) is 0 Å². The Bertz CT molecular complexity index is 658. The Balaban J connectivity index is 2.25. The van der Waals surface area contributed by atoms with E-state index in [1.165, 1.54) is 0 Å². The minimum Gasteiger partial charge on any atom is -0.478 e. The van der Waals surface area contributed by atoms with E-state index in [0.29, 0.717) is 17.9 Å². The quantitative estimate of drug-likeness (QED) is 0.878. The molecule has 1 atom stereocenters. The molecule has 0 bridgehead atoms. The van der Waals surface area contributed by atoms with Gasteiger partial charge >= 0.3 is 5.97 Å². The molecule has 5 nitrogen and oxygen atoms in total. The SMILES string of the molecule is CC(CCO)n1c(C2CC2)nc2cccc(C(=O)O)c21. The van der Waals surface area contributed by atoms with Crippen molar-refractivity contribution < 1.29 is 15.0 Å². The second-order valence-corrected chi connectivity index (χ2v) is 5.45. The maximum atomic E-state index is 11.5. The van der Waals surface area contributed by atoms with Gasteiger partial charge in [-0.3, -0.25) is 0 Å². The van der Waals surface area contributed by atoms with Crippen molar-refractivity contribution in [2.75, 3.05) is 6.61 Å². The zero-order valence-electron chi connectivity index (χ0n) is 11.4. The molecule has 1 aromatic heterocycles. The Morgan fingerprint density at radius 3 is 2.85 bits per heavy atom. The number of hydrogen-bond acceptors (Lipinski definition) is 3. The lowest BCUT2D eigenvalue weighted by Crippen LogP contribution is -2.12. The zero-order valence-corrected chi connectivity index (χ0v) is 11.4. The number of imidazole rings is 1. The summed E-state index contributed by atoms with van der Waals surface area (Å²) in [6, 6.07) is 5.25. The van der Waals surface area contributed by atoms with Gasteiger partial charge < -0.3 is 14.8 Å². The van der Waals surface area contributed by atoms with E-state index in [0.717, 1.165) is 24.2 Å². The second kappa shape index (κ2) is 4.90. The Kier molecular flexibility index (Phi) is 3.22. The number of aromatic nitrogens is 2. The van der Waals surface area contributed by atoms with E-state index in [2.05, 4.69) is 4.98 Å². The molecule has 1 fully saturated rings. The predicted molar refractivity (Wildman–Crippen MR) is 75.1 cm³/mol. The molecule has 20 heavy (non-hydrogen) atoms. The molecule has 0 amide bonds. The highest BCUT2D eigenvalue weighted by Crippen LogP contribution is 2.42. The van der Waals surface area contributed by atoms with Gasteiger partial charge in [0.2, 0.25) is 0 Å². The van der Waals surface area contributed by atoms with Crippen LogP contribution in [0.2, 0.25) is 0 Å². The van der Waals surface area contributed by atoms with Crippen LogP contribution >= 0.6 is 0 Å². The largest absolute Gasteiger partial charge is 0.478 e. The highest BCUT2D eigenvalue weighted by Gasteiger charge is 2.32. The van der Waals surface area contributed by atoms with Gasteiger partial charge in [-0.2, -0.15) is 0 Å². The van der Waals surface area contributed by atoms with Gasteiger partial charge in [0, 0.05) is 18.6 Å². The fourth-order valence-electron chi connectivity index (χ4n) is 2.73. The smallest absolute Gasteiger partial charge is 0.337 e. The molecule has 3 rings (SSSR count). The Labute approximate surface area is 116 Å². The monoisotopic (exact) mass is 274 g/mol. The fraction of sp³-hybridized carbons (Fsp3) is 0.467. The van der Waals surface area contributed by atoms with E-state index in [1.54, 1.807) is 12.1 Å². The maximum Gasteiger partial charge on any atom is 0.337 e. The second-order valence-electron chi connectivity index (χ2n) is 5.45. The van der Waals surface area contributed by atoms with Crippen LogP contribution in [0.15, 0.2) is 18.2 Å². The molecule has 1 aliphatic carbocycles. The number of para-hydroxylation sites is 1. The standard InChI is InChI=1S/C15H18N2O3/c1-9(7-8-18)17-13-11(15(19)20)3-2-4-12(13)16-14(17)10-5-6-10/h2-4,9-10,18H,5-8H2,1H3,(H,19,20). The Morgan fingerprint density at radius 1 is 1.50 bits per heavy atom. The van der Waals surface area contributed by atoms with Crippen molar-refractivity contribution in [2.24, 2.45) is 0 Å². The summed E-state index contributed by atoms with van der Waals surface area (Å²) in [4.78, 5) is 16.1. The summed E-state index contributed by atoms with van der Waals surface area (Å²) in [5.74, 6) is 0.468. The molecule has 1 aliphatic rings. The minimum atomic E-state index is -0.935. The van der Waals surface area contributed by atoms with Gasteiger partial charge in [-0.05, 0) is 38.3 Å². The molecule has 0 radical (unpaired) electrons. The lowest BCUT2D eigenvalue weighted by atomic mass is 10.1. The number of aliphatic hydroxyl groups is 1. The maximum absolute atomic E-state index is 11.5. The zero-order chi connectivity index (χ0) is 14.3. The van der Waals surface area contributed by atoms with Crippen LogP contribution in [0, 0.1) is 0 Å². The number of rotatable bonds is 5. The summed E-state index contributed by atoms with van der Waals surface area (Å²) in [6.07, 6.45) is 2.81. The van der Waals surface area contributed by atoms with Gasteiger partial charge in [-0.25, -0.2) is 9.78 Å². The highest BCUT2D eigenvalue weighted by atomic mass is 16.4. The molecule has 0 aliphatic heterocycles. The number of benzene rings is 1. The van der Waals surface area contributed by atoms with Crippen molar-refractivity contribution >= 4 is 17.0 Å². The molecule has 1 heterocycles. The van der Waals surface area contributed by atoms with Crippen LogP contribution < -0.4 is 0 Å². The number of aromatic carboxylic acids is 1. The van der Waals surface area contributed by atoms with Crippen LogP contribution in [-0.4, -0.2) is 32.3 Å². The molecule has 106 valence electrons. The lowest BCUT2D eigenvalue weighted by molar-refractivity contribution is 0.0698. The number of fused-ring (bicyclic) bond motifs is 1. The average Bonchev–Trinajstić information content (AvgIpc) is 3.18. The van der Waals surface area contributed by atoms with E-state index in [9.17, 15) is 15.0 Å². The van der Waals surface area contributed by atoms with Gasteiger partial charge in [0.25, 0.3) is 0 Å². The van der Waals surface area contributed by atoms with Gasteiger partial charge in [-0.1, -0.05) is 6.07 Å². The summed E-state index contributed by atoms with van der Waals surface area (Å²) in [7, 11) is 0. The number of aliphatic hydroxyl groups excluding tert-OH is 1. The summed E-state index contributed by atoms with van der Waals surface area (Å²) in [5.41, 5.74) is 1.70. The lowest BCUT2D eigenvalue weighted by Gasteiger charge is -2.17. The number of carbonyl (C=O) groups is 1. The summed E-state index contributed by atoms with van der Waals surface area (Å²) < 4.78 is 2.02. The Morgan fingerprint density at radius 2 is 2.25 bits per heavy atom.